The molecule has 0 fully saturated rings. The van der Waals surface area contributed by atoms with Crippen molar-refractivity contribution < 1.29 is 4.79 Å². The average Bonchev–Trinajstić information content (AvgIpc) is 3.18. The molecule has 0 saturated carbocycles. The molecule has 2 amide bonds. The van der Waals surface area contributed by atoms with Gasteiger partial charge in [-0.2, -0.15) is 0 Å². The van der Waals surface area contributed by atoms with Crippen LogP contribution in [0.25, 0.3) is 11.8 Å². The fraction of sp³-hybridized carbons (Fsp3) is 0.0455. The third-order valence-electron chi connectivity index (χ3n) is 4.82. The maximum atomic E-state index is 13.5. The summed E-state index contributed by atoms with van der Waals surface area (Å²) < 4.78 is 0. The third-order valence-corrected chi connectivity index (χ3v) is 4.82. The van der Waals surface area contributed by atoms with Gasteiger partial charge in [0, 0.05) is 23.0 Å². The van der Waals surface area contributed by atoms with Gasteiger partial charge in [-0.1, -0.05) is 42.5 Å². The second-order valence-electron chi connectivity index (χ2n) is 6.38. The summed E-state index contributed by atoms with van der Waals surface area (Å²) in [6, 6.07) is 21.6. The van der Waals surface area contributed by atoms with Gasteiger partial charge < -0.3 is 4.98 Å². The number of carbonyl (C=O) groups excluding carboxylic acids is 1. The third kappa shape index (κ3) is 2.19. The summed E-state index contributed by atoms with van der Waals surface area (Å²) in [6.07, 6.45) is 6.85. The van der Waals surface area contributed by atoms with Crippen LogP contribution in [-0.2, 0) is 0 Å². The van der Waals surface area contributed by atoms with Crippen molar-refractivity contribution in [2.75, 3.05) is 9.80 Å². The number of hydrogen-bond donors (Lipinski definition) is 1. The fourth-order valence-electron chi connectivity index (χ4n) is 3.62. The Bertz CT molecular complexity index is 1130. The Morgan fingerprint density at radius 1 is 0.846 bits per heavy atom. The van der Waals surface area contributed by atoms with E-state index in [0.717, 1.165) is 39.6 Å². The first-order valence-electron chi connectivity index (χ1n) is 8.65. The van der Waals surface area contributed by atoms with E-state index >= 15 is 0 Å². The summed E-state index contributed by atoms with van der Waals surface area (Å²) in [4.78, 5) is 20.3. The molecule has 0 radical (unpaired) electrons. The minimum absolute atomic E-state index is 0.0739. The zero-order chi connectivity index (χ0) is 17.5. The van der Waals surface area contributed by atoms with Crippen LogP contribution in [0.2, 0.25) is 0 Å². The van der Waals surface area contributed by atoms with Gasteiger partial charge in [-0.25, -0.2) is 4.79 Å². The molecule has 4 nitrogen and oxygen atoms in total. The molecule has 1 aliphatic carbocycles. The molecular weight excluding hydrogens is 322 g/mol. The second-order valence-corrected chi connectivity index (χ2v) is 6.38. The van der Waals surface area contributed by atoms with Gasteiger partial charge in [0.15, 0.2) is 0 Å². The first-order chi connectivity index (χ1) is 12.8. The van der Waals surface area contributed by atoms with E-state index in [0.29, 0.717) is 0 Å². The Morgan fingerprint density at radius 2 is 1.54 bits per heavy atom. The Kier molecular flexibility index (Phi) is 3.28. The number of benzene rings is 2. The molecule has 4 heteroatoms. The van der Waals surface area contributed by atoms with Gasteiger partial charge in [0.25, 0.3) is 0 Å². The van der Waals surface area contributed by atoms with Crippen molar-refractivity contribution >= 4 is 29.2 Å². The van der Waals surface area contributed by atoms with Crippen LogP contribution < -0.4 is 20.4 Å². The summed E-state index contributed by atoms with van der Waals surface area (Å²) in [7, 11) is 0. The number of fused-ring (bicyclic) bond motifs is 2. The van der Waals surface area contributed by atoms with Crippen LogP contribution in [0.4, 0.5) is 16.2 Å². The van der Waals surface area contributed by atoms with Crippen molar-refractivity contribution in [3.05, 3.63) is 95.3 Å². The fourth-order valence-corrected chi connectivity index (χ4v) is 3.62. The van der Waals surface area contributed by atoms with Crippen molar-refractivity contribution in [1.29, 1.82) is 0 Å². The molecule has 0 atom stereocenters. The lowest BCUT2D eigenvalue weighted by Gasteiger charge is -2.37. The normalized spacial score (nSPS) is 15.9. The van der Waals surface area contributed by atoms with Gasteiger partial charge in [0.1, 0.15) is 0 Å². The summed E-state index contributed by atoms with van der Waals surface area (Å²) in [5.74, 6) is 0. The predicted octanol–water partition coefficient (Wildman–Crippen LogP) is 3.34. The Hall–Kier alpha value is -3.53. The molecule has 5 rings (SSSR count). The van der Waals surface area contributed by atoms with Crippen molar-refractivity contribution in [3.63, 3.8) is 0 Å². The van der Waals surface area contributed by atoms with Crippen LogP contribution in [0, 0.1) is 0 Å². The SMILES string of the molecule is O=C1N(c2ccccc2)C=C2CC=c3[nH]ccc3=C2N1c1ccccc1. The molecule has 26 heavy (non-hydrogen) atoms. The van der Waals surface area contributed by atoms with Gasteiger partial charge in [-0.3, -0.25) is 9.80 Å². The molecule has 0 saturated heterocycles. The smallest absolute Gasteiger partial charge is 0.337 e. The van der Waals surface area contributed by atoms with Crippen LogP contribution in [0.1, 0.15) is 6.42 Å². The molecule has 2 heterocycles. The predicted molar refractivity (Wildman–Crippen MR) is 104 cm³/mol. The second kappa shape index (κ2) is 5.77. The number of hydrogen-bond acceptors (Lipinski definition) is 1. The summed E-state index contributed by atoms with van der Waals surface area (Å²) in [5, 5.41) is 2.13. The number of para-hydroxylation sites is 2. The van der Waals surface area contributed by atoms with Crippen LogP contribution in [0.3, 0.4) is 0 Å². The van der Waals surface area contributed by atoms with Crippen LogP contribution in [0.15, 0.2) is 84.7 Å². The van der Waals surface area contributed by atoms with E-state index in [4.69, 9.17) is 0 Å². The van der Waals surface area contributed by atoms with Crippen molar-refractivity contribution in [2.45, 2.75) is 6.42 Å². The highest BCUT2D eigenvalue weighted by Gasteiger charge is 2.33. The van der Waals surface area contributed by atoms with Gasteiger partial charge >= 0.3 is 6.03 Å². The average molecular weight is 339 g/mol. The summed E-state index contributed by atoms with van der Waals surface area (Å²) in [6.45, 7) is 0. The largest absolute Gasteiger partial charge is 0.361 e. The van der Waals surface area contributed by atoms with Gasteiger partial charge in [-0.15, -0.1) is 0 Å². The minimum atomic E-state index is -0.0739. The van der Waals surface area contributed by atoms with E-state index < -0.39 is 0 Å². The maximum Gasteiger partial charge on any atom is 0.337 e. The lowest BCUT2D eigenvalue weighted by Crippen LogP contribution is -2.48. The molecule has 1 aliphatic heterocycles. The van der Waals surface area contributed by atoms with Crippen LogP contribution in [-0.4, -0.2) is 11.0 Å². The quantitative estimate of drug-likeness (QED) is 0.764. The lowest BCUT2D eigenvalue weighted by molar-refractivity contribution is 0.255. The molecule has 1 aromatic heterocycles. The van der Waals surface area contributed by atoms with E-state index in [1.54, 1.807) is 4.90 Å². The zero-order valence-corrected chi connectivity index (χ0v) is 14.1. The number of aromatic nitrogens is 1. The standard InChI is InChI=1S/C22H17N3O/c26-22-24(17-7-3-1-4-8-17)15-16-11-12-20-19(13-14-23-20)21(16)25(22)18-9-5-2-6-10-18/h1-10,12-15,23H,11H2. The van der Waals surface area contributed by atoms with Crippen molar-refractivity contribution in [2.24, 2.45) is 0 Å². The number of carbonyl (C=O) groups is 1. The molecule has 0 unspecified atom stereocenters. The molecule has 2 aliphatic rings. The number of aromatic amines is 1. The number of rotatable bonds is 2. The number of urea groups is 1. The number of nitrogens with zero attached hydrogens (tertiary/aromatic N) is 2. The van der Waals surface area contributed by atoms with Gasteiger partial charge in [0.05, 0.1) is 17.1 Å². The Balaban J connectivity index is 1.79. The van der Waals surface area contributed by atoms with Crippen LogP contribution >= 0.6 is 0 Å². The molecule has 2 aromatic carbocycles. The Labute approximate surface area is 151 Å². The van der Waals surface area contributed by atoms with E-state index in [2.05, 4.69) is 11.1 Å². The number of anilines is 2. The Morgan fingerprint density at radius 3 is 2.27 bits per heavy atom. The number of H-pyrrole nitrogens is 1. The van der Waals surface area contributed by atoms with E-state index in [1.807, 2.05) is 84.0 Å². The molecule has 3 aromatic rings. The molecule has 0 spiro atoms. The van der Waals surface area contributed by atoms with Crippen molar-refractivity contribution in [1.82, 2.24) is 4.98 Å². The minimum Gasteiger partial charge on any atom is -0.361 e. The highest BCUT2D eigenvalue weighted by Crippen LogP contribution is 2.34. The highest BCUT2D eigenvalue weighted by atomic mass is 16.2. The lowest BCUT2D eigenvalue weighted by atomic mass is 9.99. The molecule has 126 valence electrons. The summed E-state index contributed by atoms with van der Waals surface area (Å²) >= 11 is 0. The number of amides is 2. The molecular formula is C22H17N3O. The zero-order valence-electron chi connectivity index (χ0n) is 14.1. The van der Waals surface area contributed by atoms with E-state index in [9.17, 15) is 4.79 Å². The van der Waals surface area contributed by atoms with E-state index in [-0.39, 0.29) is 6.03 Å². The monoisotopic (exact) mass is 339 g/mol. The van der Waals surface area contributed by atoms with Crippen molar-refractivity contribution in [3.8, 4) is 0 Å². The van der Waals surface area contributed by atoms with Gasteiger partial charge in [-0.05, 0) is 42.3 Å². The van der Waals surface area contributed by atoms with Gasteiger partial charge in [0.2, 0.25) is 0 Å². The highest BCUT2D eigenvalue weighted by molar-refractivity contribution is 6.15. The maximum absolute atomic E-state index is 13.5. The first kappa shape index (κ1) is 14.8. The first-order valence-corrected chi connectivity index (χ1v) is 8.65. The van der Waals surface area contributed by atoms with Crippen LogP contribution in [0.5, 0.6) is 0 Å². The van der Waals surface area contributed by atoms with E-state index in [1.165, 1.54) is 0 Å². The topological polar surface area (TPSA) is 39.3 Å². The number of nitrogens with one attached hydrogen (secondary N) is 1. The summed E-state index contributed by atoms with van der Waals surface area (Å²) in [5.41, 5.74) is 3.83. The molecule has 1 N–H and O–H groups in total. The molecule has 0 bridgehead atoms.